The number of carbonyl (C=O) groups excluding carboxylic acids is 1. The van der Waals surface area contributed by atoms with Gasteiger partial charge in [0.05, 0.1) is 26.3 Å². The highest BCUT2D eigenvalue weighted by atomic mass is 79.9. The van der Waals surface area contributed by atoms with Crippen molar-refractivity contribution in [2.24, 2.45) is 0 Å². The van der Waals surface area contributed by atoms with Crippen molar-refractivity contribution in [2.45, 2.75) is 0 Å². The summed E-state index contributed by atoms with van der Waals surface area (Å²) in [6.07, 6.45) is 1.45. The van der Waals surface area contributed by atoms with Gasteiger partial charge >= 0.3 is 0 Å². The molecule has 2 aromatic heterocycles. The van der Waals surface area contributed by atoms with Gasteiger partial charge in [-0.15, -0.1) is 11.3 Å². The van der Waals surface area contributed by atoms with Crippen LogP contribution in [0.1, 0.15) is 10.4 Å². The minimum Gasteiger partial charge on any atom is -0.397 e. The highest BCUT2D eigenvalue weighted by molar-refractivity contribution is 9.10. The summed E-state index contributed by atoms with van der Waals surface area (Å²) in [5, 5.41) is 2.62. The first kappa shape index (κ1) is 13.6. The maximum Gasteiger partial charge on any atom is 0.259 e. The lowest BCUT2D eigenvalue weighted by atomic mass is 10.3. The number of halogens is 3. The third-order valence-corrected chi connectivity index (χ3v) is 4.09. The van der Waals surface area contributed by atoms with Crippen molar-refractivity contribution in [3.63, 3.8) is 0 Å². The van der Waals surface area contributed by atoms with E-state index in [-0.39, 0.29) is 5.91 Å². The highest BCUT2D eigenvalue weighted by Gasteiger charge is 2.15. The molecule has 2 heterocycles. The van der Waals surface area contributed by atoms with Crippen LogP contribution in [0.2, 0.25) is 8.67 Å². The number of nitrogen functional groups attached to an aromatic ring is 1. The number of nitrogens with zero attached hydrogens (tertiary/aromatic N) is 1. The van der Waals surface area contributed by atoms with E-state index in [9.17, 15) is 4.79 Å². The second-order valence-electron chi connectivity index (χ2n) is 3.29. The Kier molecular flexibility index (Phi) is 4.11. The summed E-state index contributed by atoms with van der Waals surface area (Å²) in [7, 11) is 0. The molecule has 0 fully saturated rings. The third-order valence-electron chi connectivity index (χ3n) is 2.00. The average Bonchev–Trinajstić information content (AvgIpc) is 2.62. The number of hydrogen-bond donors (Lipinski definition) is 2. The summed E-state index contributed by atoms with van der Waals surface area (Å²) in [5.74, 6) is -0.00582. The van der Waals surface area contributed by atoms with Crippen molar-refractivity contribution in [3.05, 3.63) is 37.0 Å². The second-order valence-corrected chi connectivity index (χ2v) is 6.43. The minimum absolute atomic E-state index is 0.317. The van der Waals surface area contributed by atoms with Crippen molar-refractivity contribution >= 4 is 67.9 Å². The first-order valence-corrected chi connectivity index (χ1v) is 7.01. The Morgan fingerprint density at radius 2 is 2.17 bits per heavy atom. The Morgan fingerprint density at radius 3 is 2.72 bits per heavy atom. The van der Waals surface area contributed by atoms with Crippen LogP contribution < -0.4 is 11.1 Å². The van der Waals surface area contributed by atoms with Crippen LogP contribution in [0, 0.1) is 0 Å². The zero-order chi connectivity index (χ0) is 13.3. The number of hydrogen-bond acceptors (Lipinski definition) is 4. The fourth-order valence-corrected chi connectivity index (χ4v) is 3.14. The van der Waals surface area contributed by atoms with Gasteiger partial charge in [0.2, 0.25) is 0 Å². The van der Waals surface area contributed by atoms with Crippen LogP contribution in [0.5, 0.6) is 0 Å². The second kappa shape index (κ2) is 5.44. The smallest absolute Gasteiger partial charge is 0.259 e. The molecule has 0 saturated heterocycles. The monoisotopic (exact) mass is 365 g/mol. The van der Waals surface area contributed by atoms with E-state index >= 15 is 0 Å². The van der Waals surface area contributed by atoms with Crippen LogP contribution in [-0.2, 0) is 0 Å². The van der Waals surface area contributed by atoms with E-state index in [0.717, 1.165) is 11.3 Å². The lowest BCUT2D eigenvalue weighted by molar-refractivity contribution is 0.102. The average molecular weight is 367 g/mol. The van der Waals surface area contributed by atoms with Gasteiger partial charge in [-0.05, 0) is 28.1 Å². The molecule has 18 heavy (non-hydrogen) atoms. The van der Waals surface area contributed by atoms with E-state index < -0.39 is 0 Å². The van der Waals surface area contributed by atoms with Gasteiger partial charge in [-0.1, -0.05) is 23.2 Å². The molecule has 4 nitrogen and oxygen atoms in total. The van der Waals surface area contributed by atoms with E-state index in [2.05, 4.69) is 26.2 Å². The van der Waals surface area contributed by atoms with E-state index in [0.29, 0.717) is 30.2 Å². The van der Waals surface area contributed by atoms with Crippen molar-refractivity contribution < 1.29 is 4.79 Å². The number of anilines is 2. The molecule has 0 aromatic carbocycles. The lowest BCUT2D eigenvalue weighted by Crippen LogP contribution is -2.13. The maximum absolute atomic E-state index is 11.9. The van der Waals surface area contributed by atoms with Gasteiger partial charge in [-0.2, -0.15) is 0 Å². The van der Waals surface area contributed by atoms with Gasteiger partial charge in [0.1, 0.15) is 10.2 Å². The molecule has 0 radical (unpaired) electrons. The number of thiophene rings is 1. The van der Waals surface area contributed by atoms with Gasteiger partial charge in [0, 0.05) is 0 Å². The molecule has 0 spiro atoms. The molecule has 3 N–H and O–H groups in total. The molecule has 2 aromatic rings. The fourth-order valence-electron chi connectivity index (χ4n) is 1.21. The van der Waals surface area contributed by atoms with Crippen LogP contribution in [-0.4, -0.2) is 10.9 Å². The topological polar surface area (TPSA) is 68.0 Å². The number of nitrogens with two attached hydrogens (primary N) is 1. The van der Waals surface area contributed by atoms with Crippen molar-refractivity contribution in [1.29, 1.82) is 0 Å². The summed E-state index contributed by atoms with van der Waals surface area (Å²) < 4.78 is 1.38. The molecule has 0 aliphatic rings. The van der Waals surface area contributed by atoms with Crippen molar-refractivity contribution in [2.75, 3.05) is 11.1 Å². The number of amides is 1. The van der Waals surface area contributed by atoms with Gasteiger partial charge in [-0.3, -0.25) is 4.79 Å². The highest BCUT2D eigenvalue weighted by Crippen LogP contribution is 2.32. The number of nitrogens with one attached hydrogen (secondary N) is 1. The molecule has 0 atom stereocenters. The summed E-state index contributed by atoms with van der Waals surface area (Å²) in [5.41, 5.74) is 6.37. The molecule has 2 rings (SSSR count). The number of rotatable bonds is 2. The molecule has 1 amide bonds. The molecule has 94 valence electrons. The van der Waals surface area contributed by atoms with E-state index in [4.69, 9.17) is 28.9 Å². The SMILES string of the molecule is Nc1cnc(NC(=O)c2cc(Cl)sc2Cl)c(Br)c1. The zero-order valence-corrected chi connectivity index (χ0v) is 12.6. The first-order chi connectivity index (χ1) is 8.47. The standard InChI is InChI=1S/C10H6BrCl2N3OS/c11-6-1-4(14)3-15-9(6)16-10(17)5-2-7(12)18-8(5)13/h1-3H,14H2,(H,15,16,17). The van der Waals surface area contributed by atoms with E-state index in [1.165, 1.54) is 12.3 Å². The molecular weight excluding hydrogens is 361 g/mol. The van der Waals surface area contributed by atoms with Crippen LogP contribution >= 0.6 is 50.5 Å². The molecule has 0 saturated carbocycles. The Balaban J connectivity index is 2.24. The maximum atomic E-state index is 11.9. The zero-order valence-electron chi connectivity index (χ0n) is 8.71. The van der Waals surface area contributed by atoms with Crippen LogP contribution in [0.25, 0.3) is 0 Å². The largest absolute Gasteiger partial charge is 0.397 e. The molecule has 0 aliphatic carbocycles. The van der Waals surface area contributed by atoms with E-state index in [1.807, 2.05) is 0 Å². The summed E-state index contributed by atoms with van der Waals surface area (Å²) in [4.78, 5) is 15.9. The van der Waals surface area contributed by atoms with Crippen LogP contribution in [0.4, 0.5) is 11.5 Å². The Labute approximate surface area is 125 Å². The molecule has 0 bridgehead atoms. The van der Waals surface area contributed by atoms with E-state index in [1.54, 1.807) is 6.07 Å². The lowest BCUT2D eigenvalue weighted by Gasteiger charge is -2.06. The minimum atomic E-state index is -0.374. The van der Waals surface area contributed by atoms with Gasteiger partial charge in [-0.25, -0.2) is 4.98 Å². The Bertz CT molecular complexity index is 617. The summed E-state index contributed by atoms with van der Waals surface area (Å²) in [6.45, 7) is 0. The third kappa shape index (κ3) is 2.95. The molecule has 8 heteroatoms. The van der Waals surface area contributed by atoms with Crippen molar-refractivity contribution in [3.8, 4) is 0 Å². The number of pyridine rings is 1. The van der Waals surface area contributed by atoms with Crippen LogP contribution in [0.3, 0.4) is 0 Å². The predicted molar refractivity (Wildman–Crippen MR) is 78.6 cm³/mol. The van der Waals surface area contributed by atoms with Crippen molar-refractivity contribution in [1.82, 2.24) is 4.98 Å². The fraction of sp³-hybridized carbons (Fsp3) is 0. The molecule has 0 aliphatic heterocycles. The Morgan fingerprint density at radius 1 is 1.44 bits per heavy atom. The van der Waals surface area contributed by atoms with Crippen LogP contribution in [0.15, 0.2) is 22.8 Å². The first-order valence-electron chi connectivity index (χ1n) is 4.64. The van der Waals surface area contributed by atoms with Gasteiger partial charge < -0.3 is 11.1 Å². The quantitative estimate of drug-likeness (QED) is 0.842. The normalized spacial score (nSPS) is 10.4. The predicted octanol–water partition coefficient (Wildman–Crippen LogP) is 4.05. The summed E-state index contributed by atoms with van der Waals surface area (Å²) >= 11 is 16.1. The van der Waals surface area contributed by atoms with Gasteiger partial charge in [0.25, 0.3) is 5.91 Å². The number of aromatic nitrogens is 1. The molecular formula is C10H6BrCl2N3OS. The summed E-state index contributed by atoms with van der Waals surface area (Å²) in [6, 6.07) is 3.15. The Hall–Kier alpha value is -0.820. The molecule has 0 unspecified atom stereocenters. The number of carbonyl (C=O) groups is 1. The van der Waals surface area contributed by atoms with Gasteiger partial charge in [0.15, 0.2) is 0 Å².